The van der Waals surface area contributed by atoms with E-state index in [1.165, 1.54) is 30.5 Å². The Kier molecular flexibility index (Phi) is 6.65. The van der Waals surface area contributed by atoms with Gasteiger partial charge in [0.2, 0.25) is 10.0 Å². The fourth-order valence-electron chi connectivity index (χ4n) is 2.30. The highest BCUT2D eigenvalue weighted by Gasteiger charge is 2.12. The number of sulfonamides is 1. The first-order valence-corrected chi connectivity index (χ1v) is 9.88. The molecule has 1 aromatic carbocycles. The molecule has 1 heterocycles. The van der Waals surface area contributed by atoms with Gasteiger partial charge in [0.25, 0.3) is 11.8 Å². The summed E-state index contributed by atoms with van der Waals surface area (Å²) in [5.41, 5.74) is 1.37. The first-order chi connectivity index (χ1) is 12.7. The fourth-order valence-corrected chi connectivity index (χ4v) is 2.82. The first-order valence-electron chi connectivity index (χ1n) is 8.33. The molecule has 0 spiro atoms. The number of benzene rings is 1. The van der Waals surface area contributed by atoms with Crippen LogP contribution in [0.1, 0.15) is 40.3 Å². The van der Waals surface area contributed by atoms with Gasteiger partial charge in [-0.25, -0.2) is 13.6 Å². The maximum absolute atomic E-state index is 12.3. The van der Waals surface area contributed by atoms with Crippen LogP contribution in [0.25, 0.3) is 0 Å². The van der Waals surface area contributed by atoms with Gasteiger partial charge in [-0.05, 0) is 50.1 Å². The van der Waals surface area contributed by atoms with Gasteiger partial charge >= 0.3 is 0 Å². The highest BCUT2D eigenvalue weighted by molar-refractivity contribution is 7.89. The second kappa shape index (κ2) is 8.74. The molecule has 0 aliphatic heterocycles. The van der Waals surface area contributed by atoms with Crippen molar-refractivity contribution in [2.24, 2.45) is 5.14 Å². The Labute approximate surface area is 158 Å². The summed E-state index contributed by atoms with van der Waals surface area (Å²) >= 11 is 0. The van der Waals surface area contributed by atoms with Crippen molar-refractivity contribution in [3.8, 4) is 0 Å². The van der Waals surface area contributed by atoms with E-state index in [2.05, 4.69) is 15.6 Å². The predicted molar refractivity (Wildman–Crippen MR) is 101 cm³/mol. The zero-order valence-electron chi connectivity index (χ0n) is 15.1. The van der Waals surface area contributed by atoms with E-state index in [0.717, 1.165) is 5.56 Å². The molecule has 2 rings (SSSR count). The smallest absolute Gasteiger partial charge is 0.270 e. The molecule has 0 aliphatic carbocycles. The maximum Gasteiger partial charge on any atom is 0.270 e. The molecule has 0 radical (unpaired) electrons. The van der Waals surface area contributed by atoms with Crippen molar-refractivity contribution in [3.63, 3.8) is 0 Å². The molecular weight excluding hydrogens is 368 g/mol. The van der Waals surface area contributed by atoms with Crippen LogP contribution in [0.4, 0.5) is 0 Å². The number of rotatable bonds is 7. The highest BCUT2D eigenvalue weighted by Crippen LogP contribution is 2.09. The Morgan fingerprint density at radius 1 is 1.11 bits per heavy atom. The van der Waals surface area contributed by atoms with Crippen molar-refractivity contribution in [2.75, 3.05) is 6.54 Å². The number of carbonyl (C=O) groups excluding carboxylic acids is 2. The number of pyridine rings is 1. The van der Waals surface area contributed by atoms with E-state index >= 15 is 0 Å². The third-order valence-corrected chi connectivity index (χ3v) is 4.55. The number of carbonyl (C=O) groups is 2. The van der Waals surface area contributed by atoms with Crippen LogP contribution in [0.3, 0.4) is 0 Å². The van der Waals surface area contributed by atoms with E-state index in [-0.39, 0.29) is 28.4 Å². The number of nitrogens with two attached hydrogens (primary N) is 1. The Morgan fingerprint density at radius 2 is 1.78 bits per heavy atom. The zero-order valence-corrected chi connectivity index (χ0v) is 15.9. The number of hydrogen-bond donors (Lipinski definition) is 3. The minimum absolute atomic E-state index is 0.0302. The van der Waals surface area contributed by atoms with Gasteiger partial charge in [0.05, 0.1) is 4.90 Å². The Balaban J connectivity index is 1.93. The molecule has 27 heavy (non-hydrogen) atoms. The second-order valence-corrected chi connectivity index (χ2v) is 7.81. The molecule has 0 saturated heterocycles. The number of nitrogens with one attached hydrogen (secondary N) is 2. The summed E-state index contributed by atoms with van der Waals surface area (Å²) in [5, 5.41) is 10.5. The van der Waals surface area contributed by atoms with Crippen LogP contribution in [-0.2, 0) is 16.4 Å². The lowest BCUT2D eigenvalue weighted by Crippen LogP contribution is -2.31. The standard InChI is InChI=1S/C18H22N4O4S/c1-12(2)22-18(24)16-11-14(8-10-20-16)17(23)21-9-7-13-3-5-15(6-4-13)27(19,25)26/h3-6,8,10-12H,7,9H2,1-2H3,(H,21,23)(H,22,24)(H2,19,25,26). The number of amides is 2. The van der Waals surface area contributed by atoms with Gasteiger partial charge in [-0.2, -0.15) is 0 Å². The minimum Gasteiger partial charge on any atom is -0.352 e. The van der Waals surface area contributed by atoms with Gasteiger partial charge in [0.1, 0.15) is 5.69 Å². The summed E-state index contributed by atoms with van der Waals surface area (Å²) in [6.07, 6.45) is 1.93. The van der Waals surface area contributed by atoms with Crippen LogP contribution in [0.15, 0.2) is 47.5 Å². The van der Waals surface area contributed by atoms with Crippen LogP contribution in [0, 0.1) is 0 Å². The summed E-state index contributed by atoms with van der Waals surface area (Å²) in [6, 6.07) is 9.08. The van der Waals surface area contributed by atoms with E-state index in [1.807, 2.05) is 13.8 Å². The van der Waals surface area contributed by atoms with E-state index in [4.69, 9.17) is 5.14 Å². The molecule has 0 bridgehead atoms. The van der Waals surface area contributed by atoms with Gasteiger partial charge in [-0.1, -0.05) is 12.1 Å². The maximum atomic E-state index is 12.3. The van der Waals surface area contributed by atoms with Crippen molar-refractivity contribution in [2.45, 2.75) is 31.2 Å². The second-order valence-electron chi connectivity index (χ2n) is 6.25. The number of hydrogen-bond acceptors (Lipinski definition) is 5. The summed E-state index contributed by atoms with van der Waals surface area (Å²) in [4.78, 5) is 28.2. The molecule has 0 saturated carbocycles. The molecule has 144 valence electrons. The van der Waals surface area contributed by atoms with E-state index in [9.17, 15) is 18.0 Å². The summed E-state index contributed by atoms with van der Waals surface area (Å²) in [6.45, 7) is 4.03. The van der Waals surface area contributed by atoms with Crippen molar-refractivity contribution < 1.29 is 18.0 Å². The topological polar surface area (TPSA) is 131 Å². The average molecular weight is 390 g/mol. The Morgan fingerprint density at radius 3 is 2.37 bits per heavy atom. The van der Waals surface area contributed by atoms with Gasteiger partial charge in [0, 0.05) is 24.3 Å². The molecule has 2 aromatic rings. The lowest BCUT2D eigenvalue weighted by molar-refractivity contribution is 0.0938. The average Bonchev–Trinajstić information content (AvgIpc) is 2.61. The third kappa shape index (κ3) is 6.15. The van der Waals surface area contributed by atoms with Gasteiger partial charge < -0.3 is 10.6 Å². The van der Waals surface area contributed by atoms with Crippen LogP contribution in [-0.4, -0.2) is 37.8 Å². The van der Waals surface area contributed by atoms with Gasteiger partial charge in [-0.15, -0.1) is 0 Å². The first kappa shape index (κ1) is 20.5. The largest absolute Gasteiger partial charge is 0.352 e. The molecule has 0 unspecified atom stereocenters. The monoisotopic (exact) mass is 390 g/mol. The van der Waals surface area contributed by atoms with E-state index in [1.54, 1.807) is 12.1 Å². The molecule has 0 aliphatic rings. The lowest BCUT2D eigenvalue weighted by atomic mass is 10.1. The highest BCUT2D eigenvalue weighted by atomic mass is 32.2. The van der Waals surface area contributed by atoms with Crippen molar-refractivity contribution in [3.05, 3.63) is 59.4 Å². The molecule has 0 atom stereocenters. The van der Waals surface area contributed by atoms with Gasteiger partial charge in [0.15, 0.2) is 0 Å². The van der Waals surface area contributed by atoms with Crippen molar-refractivity contribution >= 4 is 21.8 Å². The van der Waals surface area contributed by atoms with Crippen molar-refractivity contribution in [1.29, 1.82) is 0 Å². The summed E-state index contributed by atoms with van der Waals surface area (Å²) in [7, 11) is -3.72. The van der Waals surface area contributed by atoms with Crippen LogP contribution in [0.2, 0.25) is 0 Å². The van der Waals surface area contributed by atoms with Crippen LogP contribution in [0.5, 0.6) is 0 Å². The fraction of sp³-hybridized carbons (Fsp3) is 0.278. The quantitative estimate of drug-likeness (QED) is 0.645. The molecule has 1 aromatic heterocycles. The SMILES string of the molecule is CC(C)NC(=O)c1cc(C(=O)NCCc2ccc(S(N)(=O)=O)cc2)ccn1. The summed E-state index contributed by atoms with van der Waals surface area (Å²) < 4.78 is 22.5. The van der Waals surface area contributed by atoms with Crippen LogP contribution < -0.4 is 15.8 Å². The molecule has 2 amide bonds. The number of aromatic nitrogens is 1. The lowest BCUT2D eigenvalue weighted by Gasteiger charge is -2.09. The molecule has 4 N–H and O–H groups in total. The molecule has 8 nitrogen and oxygen atoms in total. The van der Waals surface area contributed by atoms with Crippen LogP contribution >= 0.6 is 0 Å². The summed E-state index contributed by atoms with van der Waals surface area (Å²) in [5.74, 6) is -0.660. The molecule has 0 fully saturated rings. The van der Waals surface area contributed by atoms with Gasteiger partial charge in [-0.3, -0.25) is 14.6 Å². The Bertz CT molecular complexity index is 925. The predicted octanol–water partition coefficient (Wildman–Crippen LogP) is 0.840. The molecular formula is C18H22N4O4S. The van der Waals surface area contributed by atoms with E-state index in [0.29, 0.717) is 18.5 Å². The van der Waals surface area contributed by atoms with E-state index < -0.39 is 10.0 Å². The minimum atomic E-state index is -3.72. The molecule has 9 heteroatoms. The zero-order chi connectivity index (χ0) is 20.0. The number of nitrogens with zero attached hydrogens (tertiary/aromatic N) is 1. The Hall–Kier alpha value is -2.78. The van der Waals surface area contributed by atoms with Crippen molar-refractivity contribution in [1.82, 2.24) is 15.6 Å². The number of primary sulfonamides is 1. The normalized spacial score (nSPS) is 11.3. The third-order valence-electron chi connectivity index (χ3n) is 3.63.